The molecular weight excluding hydrogens is 432 g/mol. The third-order valence-electron chi connectivity index (χ3n) is 5.21. The molecule has 0 unspecified atom stereocenters. The SMILES string of the molecule is COc1ccc(/C=C/C(=O)c2ccc(-n3cccc3)cc2)cc1COc1cccc([N+](=O)[O-])c1. The number of rotatable bonds is 9. The van der Waals surface area contributed by atoms with E-state index in [1.165, 1.54) is 18.2 Å². The Bertz CT molecular complexity index is 1330. The third-order valence-corrected chi connectivity index (χ3v) is 5.21. The second-order valence-corrected chi connectivity index (χ2v) is 7.45. The van der Waals surface area contributed by atoms with Crippen molar-refractivity contribution in [3.63, 3.8) is 0 Å². The van der Waals surface area contributed by atoms with Gasteiger partial charge in [-0.15, -0.1) is 0 Å². The summed E-state index contributed by atoms with van der Waals surface area (Å²) in [6.45, 7) is 0.154. The van der Waals surface area contributed by atoms with Crippen LogP contribution in [0.5, 0.6) is 11.5 Å². The van der Waals surface area contributed by atoms with Gasteiger partial charge in [-0.2, -0.15) is 0 Å². The highest BCUT2D eigenvalue weighted by Crippen LogP contribution is 2.25. The van der Waals surface area contributed by atoms with Crippen LogP contribution in [-0.4, -0.2) is 22.4 Å². The third kappa shape index (κ3) is 5.39. The van der Waals surface area contributed by atoms with Crippen LogP contribution in [0.15, 0.2) is 97.3 Å². The molecule has 0 radical (unpaired) electrons. The summed E-state index contributed by atoms with van der Waals surface area (Å²) in [4.78, 5) is 23.1. The van der Waals surface area contributed by atoms with E-state index in [-0.39, 0.29) is 18.1 Å². The first-order chi connectivity index (χ1) is 16.5. The van der Waals surface area contributed by atoms with Crippen molar-refractivity contribution in [1.82, 2.24) is 4.57 Å². The number of ether oxygens (including phenoxy) is 2. The summed E-state index contributed by atoms with van der Waals surface area (Å²) in [5.74, 6) is 0.898. The van der Waals surface area contributed by atoms with Crippen molar-refractivity contribution in [2.45, 2.75) is 6.61 Å². The maximum absolute atomic E-state index is 12.6. The van der Waals surface area contributed by atoms with Gasteiger partial charge in [-0.25, -0.2) is 0 Å². The molecule has 3 aromatic carbocycles. The number of benzene rings is 3. The summed E-state index contributed by atoms with van der Waals surface area (Å²) in [7, 11) is 1.56. The van der Waals surface area contributed by atoms with Crippen LogP contribution in [0.4, 0.5) is 5.69 Å². The molecule has 0 fully saturated rings. The van der Waals surface area contributed by atoms with E-state index in [2.05, 4.69) is 0 Å². The summed E-state index contributed by atoms with van der Waals surface area (Å²) >= 11 is 0. The average molecular weight is 454 g/mol. The first-order valence-electron chi connectivity index (χ1n) is 10.5. The number of methoxy groups -OCH3 is 1. The predicted molar refractivity (Wildman–Crippen MR) is 130 cm³/mol. The van der Waals surface area contributed by atoms with Crippen LogP contribution < -0.4 is 9.47 Å². The Morgan fingerprint density at radius 1 is 1.00 bits per heavy atom. The van der Waals surface area contributed by atoms with Crippen LogP contribution in [0.25, 0.3) is 11.8 Å². The zero-order valence-electron chi connectivity index (χ0n) is 18.5. The summed E-state index contributed by atoms with van der Waals surface area (Å²) in [6, 6.07) is 22.8. The topological polar surface area (TPSA) is 83.6 Å². The molecule has 0 saturated heterocycles. The van der Waals surface area contributed by atoms with Gasteiger partial charge in [0.1, 0.15) is 18.1 Å². The van der Waals surface area contributed by atoms with Crippen molar-refractivity contribution in [2.24, 2.45) is 0 Å². The molecular formula is C27H22N2O5. The van der Waals surface area contributed by atoms with Gasteiger partial charge in [0.05, 0.1) is 18.1 Å². The number of allylic oxidation sites excluding steroid dienone is 1. The summed E-state index contributed by atoms with van der Waals surface area (Å²) in [5, 5.41) is 11.0. The number of nitrogens with zero attached hydrogens (tertiary/aromatic N) is 2. The molecule has 0 amide bonds. The zero-order valence-corrected chi connectivity index (χ0v) is 18.5. The number of nitro groups is 1. The Labute approximate surface area is 196 Å². The quantitative estimate of drug-likeness (QED) is 0.137. The molecule has 0 aliphatic rings. The number of nitro benzene ring substituents is 1. The second kappa shape index (κ2) is 10.3. The predicted octanol–water partition coefficient (Wildman–Crippen LogP) is 5.87. The smallest absolute Gasteiger partial charge is 0.273 e. The average Bonchev–Trinajstić information content (AvgIpc) is 3.41. The molecule has 0 N–H and O–H groups in total. The van der Waals surface area contributed by atoms with Gasteiger partial charge in [0.25, 0.3) is 5.69 Å². The Kier molecular flexibility index (Phi) is 6.84. The largest absolute Gasteiger partial charge is 0.496 e. The van der Waals surface area contributed by atoms with E-state index in [0.717, 1.165) is 16.8 Å². The number of carbonyl (C=O) groups is 1. The van der Waals surface area contributed by atoms with Crippen molar-refractivity contribution in [1.29, 1.82) is 0 Å². The van der Waals surface area contributed by atoms with Crippen molar-refractivity contribution in [3.05, 3.63) is 124 Å². The fraction of sp³-hybridized carbons (Fsp3) is 0.0741. The summed E-state index contributed by atoms with van der Waals surface area (Å²) in [6.07, 6.45) is 7.15. The second-order valence-electron chi connectivity index (χ2n) is 7.45. The van der Waals surface area contributed by atoms with Crippen molar-refractivity contribution >= 4 is 17.5 Å². The number of aromatic nitrogens is 1. The molecule has 0 atom stereocenters. The van der Waals surface area contributed by atoms with Gasteiger partial charge >= 0.3 is 0 Å². The van der Waals surface area contributed by atoms with E-state index in [0.29, 0.717) is 17.1 Å². The van der Waals surface area contributed by atoms with Gasteiger partial charge in [-0.1, -0.05) is 18.2 Å². The molecule has 7 heteroatoms. The van der Waals surface area contributed by atoms with E-state index >= 15 is 0 Å². The molecule has 1 aromatic heterocycles. The van der Waals surface area contributed by atoms with Crippen LogP contribution in [-0.2, 0) is 6.61 Å². The van der Waals surface area contributed by atoms with E-state index in [1.54, 1.807) is 43.5 Å². The van der Waals surface area contributed by atoms with Gasteiger partial charge in [0.2, 0.25) is 0 Å². The molecule has 0 bridgehead atoms. The summed E-state index contributed by atoms with van der Waals surface area (Å²) in [5.41, 5.74) is 3.08. The fourth-order valence-electron chi connectivity index (χ4n) is 3.44. The molecule has 34 heavy (non-hydrogen) atoms. The van der Waals surface area contributed by atoms with Gasteiger partial charge in [-0.3, -0.25) is 14.9 Å². The maximum Gasteiger partial charge on any atom is 0.273 e. The monoisotopic (exact) mass is 454 g/mol. The molecule has 4 rings (SSSR count). The normalized spacial score (nSPS) is 10.9. The zero-order chi connectivity index (χ0) is 23.9. The molecule has 0 saturated carbocycles. The molecule has 0 aliphatic heterocycles. The van der Waals surface area contributed by atoms with Crippen molar-refractivity contribution in [3.8, 4) is 17.2 Å². The van der Waals surface area contributed by atoms with Gasteiger partial charge in [0.15, 0.2) is 5.78 Å². The van der Waals surface area contributed by atoms with E-state index in [1.807, 2.05) is 53.4 Å². The lowest BCUT2D eigenvalue weighted by atomic mass is 10.1. The first kappa shape index (κ1) is 22.5. The van der Waals surface area contributed by atoms with Crippen LogP contribution in [0, 0.1) is 10.1 Å². The lowest BCUT2D eigenvalue weighted by Gasteiger charge is -2.11. The number of hydrogen-bond acceptors (Lipinski definition) is 5. The highest BCUT2D eigenvalue weighted by atomic mass is 16.6. The number of carbonyl (C=O) groups excluding carboxylic acids is 1. The van der Waals surface area contributed by atoms with E-state index in [4.69, 9.17) is 9.47 Å². The molecule has 7 nitrogen and oxygen atoms in total. The van der Waals surface area contributed by atoms with Crippen LogP contribution in [0.2, 0.25) is 0 Å². The Hall–Kier alpha value is -4.65. The molecule has 0 spiro atoms. The summed E-state index contributed by atoms with van der Waals surface area (Å²) < 4.78 is 13.1. The van der Waals surface area contributed by atoms with Gasteiger partial charge < -0.3 is 14.0 Å². The Balaban J connectivity index is 1.46. The maximum atomic E-state index is 12.6. The minimum absolute atomic E-state index is 0.0407. The van der Waals surface area contributed by atoms with Crippen molar-refractivity contribution < 1.29 is 19.2 Å². The van der Waals surface area contributed by atoms with E-state index < -0.39 is 4.92 Å². The number of non-ortho nitro benzene ring substituents is 1. The highest BCUT2D eigenvalue weighted by Gasteiger charge is 2.09. The van der Waals surface area contributed by atoms with Crippen molar-refractivity contribution in [2.75, 3.05) is 7.11 Å². The lowest BCUT2D eigenvalue weighted by molar-refractivity contribution is -0.384. The standard InChI is InChI=1S/C27H22N2O5/c1-33-27-14-8-20(17-22(27)19-34-25-6-4-5-24(18-25)29(31)32)7-13-26(30)21-9-11-23(12-10-21)28-15-2-3-16-28/h2-18H,19H2,1H3/b13-7+. The minimum Gasteiger partial charge on any atom is -0.496 e. The Morgan fingerprint density at radius 3 is 2.47 bits per heavy atom. The van der Waals surface area contributed by atoms with Crippen LogP contribution in [0.3, 0.4) is 0 Å². The number of hydrogen-bond donors (Lipinski definition) is 0. The molecule has 170 valence electrons. The minimum atomic E-state index is -0.468. The van der Waals surface area contributed by atoms with Gasteiger partial charge in [0, 0.05) is 35.3 Å². The van der Waals surface area contributed by atoms with Crippen LogP contribution >= 0.6 is 0 Å². The molecule has 0 aliphatic carbocycles. The molecule has 1 heterocycles. The highest BCUT2D eigenvalue weighted by molar-refractivity contribution is 6.06. The lowest BCUT2D eigenvalue weighted by Crippen LogP contribution is -2.00. The Morgan fingerprint density at radius 2 is 1.76 bits per heavy atom. The van der Waals surface area contributed by atoms with E-state index in [9.17, 15) is 14.9 Å². The van der Waals surface area contributed by atoms with Crippen LogP contribution in [0.1, 0.15) is 21.5 Å². The van der Waals surface area contributed by atoms with Gasteiger partial charge in [-0.05, 0) is 66.2 Å². The number of ketones is 1. The fourth-order valence-corrected chi connectivity index (χ4v) is 3.44. The first-order valence-corrected chi connectivity index (χ1v) is 10.5. The molecule has 4 aromatic rings.